The van der Waals surface area contributed by atoms with Gasteiger partial charge in [0.25, 0.3) is 13.0 Å². The summed E-state index contributed by atoms with van der Waals surface area (Å²) < 4.78 is 37.9. The van der Waals surface area contributed by atoms with Gasteiger partial charge in [-0.3, -0.25) is 0 Å². The molecule has 0 atom stereocenters. The Morgan fingerprint density at radius 2 is 0.458 bits per heavy atom. The number of ether oxygens (including phenoxy) is 6. The Balaban J connectivity index is -0.00000152. The first-order valence-electron chi connectivity index (χ1n) is 25.8. The SMILES string of the molecule is CO.COc1cccc(/C=N/N(C)P(=S)(N(C)/N=C/c2cccc(OC)c2[O-])N(C)/N=C/c2cccc(OC)c2[O-])c1[O-].COc1cccc(/C=N/N(C)P(=S)(N(C)/N=C/c2cccc(OC)c2[O-])N(C)/N=C/c2cccc(OC)c2[O-])c1[O-].ClC(Cl)Cl.ClC(Cl)Cl.[Cl-].[Gd+3].[Zn+2].[Zn+2]. The molecule has 6 rings (SSSR count). The molecule has 39 heteroatoms. The van der Waals surface area contributed by atoms with Gasteiger partial charge < -0.3 is 76.6 Å². The smallest absolute Gasteiger partial charge is 1.00 e. The molecule has 0 aliphatic rings. The Morgan fingerprint density at radius 1 is 0.344 bits per heavy atom. The molecule has 6 aromatic rings. The van der Waals surface area contributed by atoms with Crippen LogP contribution in [-0.2, 0) is 62.6 Å². The number of hydrogen-bond acceptors (Lipinski definition) is 21. The Kier molecular flexibility index (Phi) is 49.1. The van der Waals surface area contributed by atoms with Crippen molar-refractivity contribution < 1.29 is 155 Å². The molecule has 0 saturated carbocycles. The maximum Gasteiger partial charge on any atom is 3.00 e. The number of aliphatic hydroxyl groups excluding tert-OH is 1. The molecule has 0 heterocycles. The largest absolute Gasteiger partial charge is 3.00 e. The van der Waals surface area contributed by atoms with Gasteiger partial charge in [-0.1, -0.05) is 177 Å². The predicted molar refractivity (Wildman–Crippen MR) is 366 cm³/mol. The zero-order valence-electron chi connectivity index (χ0n) is 53.8. The molecule has 1 N–H and O–H groups in total. The maximum absolute atomic E-state index is 12.6. The molecule has 1 radical (unpaired) electrons. The van der Waals surface area contributed by atoms with E-state index >= 15 is 0 Å². The number of halogens is 7. The van der Waals surface area contributed by atoms with Gasteiger partial charge in [0.1, 0.15) is 34.5 Å². The summed E-state index contributed by atoms with van der Waals surface area (Å²) in [6.07, 6.45) is 8.23. The molecule has 0 fully saturated rings. The van der Waals surface area contributed by atoms with Gasteiger partial charge in [0.15, 0.2) is 8.59 Å². The third kappa shape index (κ3) is 28.3. The summed E-state index contributed by atoms with van der Waals surface area (Å²) in [7, 11) is 19.2. The Hall–Kier alpha value is -4.40. The average molecular weight is 1790 g/mol. The van der Waals surface area contributed by atoms with Gasteiger partial charge in [0.05, 0.1) is 79.9 Å². The van der Waals surface area contributed by atoms with Crippen molar-refractivity contribution in [1.29, 1.82) is 0 Å². The van der Waals surface area contributed by atoms with Crippen LogP contribution in [0.2, 0.25) is 0 Å². The van der Waals surface area contributed by atoms with E-state index in [-0.39, 0.29) is 194 Å². The maximum atomic E-state index is 12.6. The molecule has 96 heavy (non-hydrogen) atoms. The molecule has 515 valence electrons. The fourth-order valence-corrected chi connectivity index (χ4v) is 11.3. The Labute approximate surface area is 663 Å². The summed E-state index contributed by atoms with van der Waals surface area (Å²) in [5.74, 6) is -0.927. The first-order valence-corrected chi connectivity index (χ1v) is 33.8. The fourth-order valence-electron chi connectivity index (χ4n) is 7.17. The van der Waals surface area contributed by atoms with Crippen LogP contribution in [0.15, 0.2) is 140 Å². The second kappa shape index (κ2) is 49.2. The van der Waals surface area contributed by atoms with E-state index in [0.29, 0.717) is 0 Å². The molecule has 0 saturated heterocycles. The van der Waals surface area contributed by atoms with Gasteiger partial charge in [-0.2, -0.15) is 30.6 Å². The first kappa shape index (κ1) is 95.8. The number of hydrazone groups is 6. The molecule has 25 nitrogen and oxygen atoms in total. The zero-order valence-corrected chi connectivity index (χ0v) is 70.8. The molecular formula is C57H66Cl7GdN12O13P2S2Zn2. The van der Waals surface area contributed by atoms with Gasteiger partial charge in [0, 0.05) is 49.4 Å². The summed E-state index contributed by atoms with van der Waals surface area (Å²) in [5, 5.41) is 109. The number of rotatable bonds is 24. The van der Waals surface area contributed by atoms with E-state index in [0.717, 1.165) is 7.11 Å². The van der Waals surface area contributed by atoms with Crippen LogP contribution >= 0.6 is 82.6 Å². The van der Waals surface area contributed by atoms with Gasteiger partial charge in [-0.25, -0.2) is 28.7 Å². The van der Waals surface area contributed by atoms with Crippen molar-refractivity contribution in [2.75, 3.05) is 92.1 Å². The summed E-state index contributed by atoms with van der Waals surface area (Å²) in [6, 6.07) is 29.0. The molecule has 0 spiro atoms. The Morgan fingerprint density at radius 3 is 0.562 bits per heavy atom. The van der Waals surface area contributed by atoms with Crippen LogP contribution in [0.1, 0.15) is 33.4 Å². The average Bonchev–Trinajstić information content (AvgIpc) is 0.879. The number of nitrogens with zero attached hydrogens (tertiary/aromatic N) is 12. The number of para-hydroxylation sites is 6. The molecule has 6 aromatic carbocycles. The molecule has 0 aromatic heterocycles. The van der Waals surface area contributed by atoms with E-state index in [1.54, 1.807) is 151 Å². The van der Waals surface area contributed by atoms with Crippen LogP contribution in [0.25, 0.3) is 0 Å². The normalized spacial score (nSPS) is 10.9. The quantitative estimate of drug-likeness (QED) is 0.0264. The van der Waals surface area contributed by atoms with Crippen molar-refractivity contribution in [3.05, 3.63) is 143 Å². The summed E-state index contributed by atoms with van der Waals surface area (Å²) in [6.45, 7) is -6.33. The van der Waals surface area contributed by atoms with E-state index in [9.17, 15) is 30.6 Å². The minimum absolute atomic E-state index is 0. The van der Waals surface area contributed by atoms with Crippen molar-refractivity contribution >= 4 is 143 Å². The molecule has 0 aliphatic heterocycles. The van der Waals surface area contributed by atoms with E-state index in [4.69, 9.17) is 127 Å². The predicted octanol–water partition coefficient (Wildman–Crippen LogP) is 5.29. The topological polar surface area (TPSA) is 308 Å². The Bertz CT molecular complexity index is 3030. The van der Waals surface area contributed by atoms with Gasteiger partial charge >= 0.3 is 78.9 Å². The van der Waals surface area contributed by atoms with Gasteiger partial charge in [0.2, 0.25) is 0 Å². The van der Waals surface area contributed by atoms with E-state index in [1.807, 2.05) is 0 Å². The standard InChI is InChI=1S/2C27H33N6O6PS.2CHCl3.CH4O.ClH.Gd.2Zn/c2*1-31(28-16-19-10-7-13-22(37-4)25(19)34)40(41,32(2)29-17-20-11-8-14-23(38-5)26(20)35)33(3)30-18-21-12-9-15-24(39-6)27(21)36;2*2-1(3)4;1-2;;;;/h2*7-18,34-36H,1-6H3;2*1H;2H,1H3;1H;;;/q;;;;;;+3;2*+2/p-7/b2*28-16+,29-17+,30-18+;;;;;;;. The summed E-state index contributed by atoms with van der Waals surface area (Å²) >= 11 is 41.0. The molecule has 0 amide bonds. The van der Waals surface area contributed by atoms with Crippen molar-refractivity contribution in [1.82, 2.24) is 28.7 Å². The van der Waals surface area contributed by atoms with E-state index in [1.165, 1.54) is 109 Å². The molecule has 0 unspecified atom stereocenters. The molecule has 0 aliphatic carbocycles. The third-order valence-corrected chi connectivity index (χ3v) is 21.2. The number of hydrogen-bond donors (Lipinski definition) is 1. The monoisotopic (exact) mass is 1780 g/mol. The third-order valence-electron chi connectivity index (χ3n) is 11.8. The van der Waals surface area contributed by atoms with Crippen molar-refractivity contribution in [2.45, 2.75) is 8.59 Å². The number of benzene rings is 6. The van der Waals surface area contributed by atoms with Gasteiger partial charge in [-0.05, 0) is 93.4 Å². The molecular weight excluding hydrogens is 1720 g/mol. The van der Waals surface area contributed by atoms with Crippen LogP contribution < -0.4 is 71.5 Å². The van der Waals surface area contributed by atoms with Crippen LogP contribution in [0.3, 0.4) is 0 Å². The van der Waals surface area contributed by atoms with E-state index < -0.39 is 21.6 Å². The summed E-state index contributed by atoms with van der Waals surface area (Å²) in [5.41, 5.74) is 1.72. The van der Waals surface area contributed by atoms with Crippen LogP contribution in [0, 0.1) is 39.9 Å². The summed E-state index contributed by atoms with van der Waals surface area (Å²) in [4.78, 5) is 0. The number of aliphatic hydroxyl groups is 1. The van der Waals surface area contributed by atoms with Crippen LogP contribution in [0.5, 0.6) is 69.0 Å². The van der Waals surface area contributed by atoms with Gasteiger partial charge in [-0.15, -0.1) is 0 Å². The van der Waals surface area contributed by atoms with Crippen molar-refractivity contribution in [2.24, 2.45) is 30.6 Å². The second-order valence-electron chi connectivity index (χ2n) is 17.2. The number of methoxy groups -OCH3 is 6. The first-order chi connectivity index (χ1) is 43.6. The second-order valence-corrected chi connectivity index (χ2v) is 29.6. The minimum atomic E-state index is -3.17. The zero-order chi connectivity index (χ0) is 69.5. The fraction of sp³-hybridized carbons (Fsp3) is 0.263. The van der Waals surface area contributed by atoms with Crippen LogP contribution in [0.4, 0.5) is 0 Å². The number of alkyl halides is 6. The van der Waals surface area contributed by atoms with E-state index in [2.05, 4.69) is 30.6 Å². The van der Waals surface area contributed by atoms with Crippen LogP contribution in [-0.4, -0.2) is 172 Å². The minimum Gasteiger partial charge on any atom is -1.00 e. The van der Waals surface area contributed by atoms with Crippen molar-refractivity contribution in [3.63, 3.8) is 0 Å². The van der Waals surface area contributed by atoms with Crippen molar-refractivity contribution in [3.8, 4) is 69.0 Å². The molecule has 0 bridgehead atoms.